The maximum absolute atomic E-state index is 14.2. The minimum absolute atomic E-state index is 0.526. The van der Waals surface area contributed by atoms with Crippen LogP contribution in [0.15, 0.2) is 54.6 Å². The van der Waals surface area contributed by atoms with E-state index in [2.05, 4.69) is 0 Å². The second kappa shape index (κ2) is 5.04. The summed E-state index contributed by atoms with van der Waals surface area (Å²) in [6, 6.07) is 8.89. The number of allylic oxidation sites excluding steroid dienone is 2. The van der Waals surface area contributed by atoms with Crippen molar-refractivity contribution in [1.29, 1.82) is 0 Å². The Bertz CT molecular complexity index is 573. The molecule has 1 aromatic carbocycles. The fourth-order valence-corrected chi connectivity index (χ4v) is 2.18. The molecule has 2 rings (SSSR count). The number of halogens is 1. The summed E-state index contributed by atoms with van der Waals surface area (Å²) in [5.74, 6) is -1.15. The SMILES string of the molecule is COC(=O)C1(c2ccccc2)C=CC(F)(C(C)=O)C=C1. The summed E-state index contributed by atoms with van der Waals surface area (Å²) in [6.45, 7) is 1.17. The molecule has 20 heavy (non-hydrogen) atoms. The quantitative estimate of drug-likeness (QED) is 0.628. The molecule has 0 aromatic heterocycles. The fourth-order valence-electron chi connectivity index (χ4n) is 2.18. The van der Waals surface area contributed by atoms with Crippen LogP contribution in [0.3, 0.4) is 0 Å². The predicted octanol–water partition coefficient (Wildman–Crippen LogP) is 2.52. The van der Waals surface area contributed by atoms with Gasteiger partial charge in [0.1, 0.15) is 5.41 Å². The molecule has 0 unspecified atom stereocenters. The highest BCUT2D eigenvalue weighted by atomic mass is 19.1. The molecule has 4 heteroatoms. The number of ether oxygens (including phenoxy) is 1. The zero-order valence-electron chi connectivity index (χ0n) is 11.3. The highest BCUT2D eigenvalue weighted by molar-refractivity contribution is 5.94. The van der Waals surface area contributed by atoms with Gasteiger partial charge in [0, 0.05) is 0 Å². The van der Waals surface area contributed by atoms with Crippen molar-refractivity contribution in [3.05, 3.63) is 60.2 Å². The van der Waals surface area contributed by atoms with E-state index in [0.717, 1.165) is 12.2 Å². The van der Waals surface area contributed by atoms with E-state index in [1.807, 2.05) is 6.07 Å². The third kappa shape index (κ3) is 2.18. The Morgan fingerprint density at radius 1 is 1.05 bits per heavy atom. The van der Waals surface area contributed by atoms with Crippen molar-refractivity contribution < 1.29 is 18.7 Å². The number of Topliss-reactive ketones (excluding diaryl/α,β-unsaturated/α-hetero) is 1. The van der Waals surface area contributed by atoms with E-state index >= 15 is 0 Å². The third-order valence-corrected chi connectivity index (χ3v) is 3.49. The first-order chi connectivity index (χ1) is 9.44. The second-order valence-corrected chi connectivity index (χ2v) is 4.72. The largest absolute Gasteiger partial charge is 0.468 e. The Hall–Kier alpha value is -2.23. The predicted molar refractivity (Wildman–Crippen MR) is 72.9 cm³/mol. The molecule has 0 heterocycles. The number of carbonyl (C=O) groups excluding carboxylic acids is 2. The van der Waals surface area contributed by atoms with Crippen molar-refractivity contribution in [3.8, 4) is 0 Å². The van der Waals surface area contributed by atoms with Crippen LogP contribution < -0.4 is 0 Å². The van der Waals surface area contributed by atoms with Crippen LogP contribution >= 0.6 is 0 Å². The Morgan fingerprint density at radius 3 is 2.05 bits per heavy atom. The van der Waals surface area contributed by atoms with Gasteiger partial charge in [0.25, 0.3) is 0 Å². The summed E-state index contributed by atoms with van der Waals surface area (Å²) >= 11 is 0. The summed E-state index contributed by atoms with van der Waals surface area (Å²) in [5.41, 5.74) is -2.70. The topological polar surface area (TPSA) is 43.4 Å². The molecule has 0 fully saturated rings. The first kappa shape index (κ1) is 14.2. The molecule has 104 valence electrons. The molecule has 1 aliphatic carbocycles. The number of benzene rings is 1. The molecule has 0 aliphatic heterocycles. The van der Waals surface area contributed by atoms with E-state index in [4.69, 9.17) is 4.74 Å². The average Bonchev–Trinajstić information content (AvgIpc) is 2.48. The van der Waals surface area contributed by atoms with Crippen LogP contribution in [0.25, 0.3) is 0 Å². The number of hydrogen-bond donors (Lipinski definition) is 0. The third-order valence-electron chi connectivity index (χ3n) is 3.49. The lowest BCUT2D eigenvalue weighted by atomic mass is 9.74. The summed E-state index contributed by atoms with van der Waals surface area (Å²) in [5, 5.41) is 0. The lowest BCUT2D eigenvalue weighted by Crippen LogP contribution is -2.39. The molecule has 1 aliphatic rings. The Balaban J connectivity index is 2.52. The average molecular weight is 274 g/mol. The van der Waals surface area contributed by atoms with Gasteiger partial charge in [-0.25, -0.2) is 4.39 Å². The monoisotopic (exact) mass is 274 g/mol. The highest BCUT2D eigenvalue weighted by Gasteiger charge is 2.43. The lowest BCUT2D eigenvalue weighted by molar-refractivity contribution is -0.144. The molecule has 0 saturated carbocycles. The van der Waals surface area contributed by atoms with E-state index in [1.54, 1.807) is 24.3 Å². The normalized spacial score (nSPS) is 28.1. The molecule has 0 saturated heterocycles. The summed E-state index contributed by atoms with van der Waals surface area (Å²) in [6.07, 6.45) is 4.99. The van der Waals surface area contributed by atoms with E-state index in [9.17, 15) is 14.0 Å². The summed E-state index contributed by atoms with van der Waals surface area (Å²) in [7, 11) is 1.27. The number of ketones is 1. The number of carbonyl (C=O) groups is 2. The molecular weight excluding hydrogens is 259 g/mol. The van der Waals surface area contributed by atoms with Crippen LogP contribution in [0.5, 0.6) is 0 Å². The number of rotatable bonds is 3. The molecule has 0 N–H and O–H groups in total. The van der Waals surface area contributed by atoms with Crippen molar-refractivity contribution in [2.75, 3.05) is 7.11 Å². The van der Waals surface area contributed by atoms with Gasteiger partial charge in [0.15, 0.2) is 5.78 Å². The molecule has 0 atom stereocenters. The van der Waals surface area contributed by atoms with Gasteiger partial charge in [-0.15, -0.1) is 0 Å². The number of esters is 1. The molecule has 3 nitrogen and oxygen atoms in total. The van der Waals surface area contributed by atoms with Crippen molar-refractivity contribution >= 4 is 11.8 Å². The van der Waals surface area contributed by atoms with Gasteiger partial charge in [-0.2, -0.15) is 0 Å². The van der Waals surface area contributed by atoms with Crippen LogP contribution in [-0.2, 0) is 19.7 Å². The van der Waals surface area contributed by atoms with Gasteiger partial charge in [0.2, 0.25) is 5.67 Å². The van der Waals surface area contributed by atoms with Gasteiger partial charge < -0.3 is 4.74 Å². The summed E-state index contributed by atoms with van der Waals surface area (Å²) in [4.78, 5) is 23.5. The highest BCUT2D eigenvalue weighted by Crippen LogP contribution is 2.36. The Labute approximate surface area is 116 Å². The van der Waals surface area contributed by atoms with E-state index in [0.29, 0.717) is 5.56 Å². The zero-order chi connectivity index (χ0) is 14.8. The maximum atomic E-state index is 14.2. The standard InChI is InChI=1S/C16H15FO3/c1-12(18)16(17)10-8-15(9-11-16,14(19)20-2)13-6-4-3-5-7-13/h3-11H,1-2H3. The number of methoxy groups -OCH3 is 1. The van der Waals surface area contributed by atoms with Gasteiger partial charge in [-0.1, -0.05) is 42.5 Å². The lowest BCUT2D eigenvalue weighted by Gasteiger charge is -2.30. The van der Waals surface area contributed by atoms with Gasteiger partial charge >= 0.3 is 5.97 Å². The molecular formula is C16H15FO3. The van der Waals surface area contributed by atoms with Gasteiger partial charge in [0.05, 0.1) is 7.11 Å². The number of hydrogen-bond acceptors (Lipinski definition) is 3. The van der Waals surface area contributed by atoms with Crippen LogP contribution in [0.4, 0.5) is 4.39 Å². The molecule has 0 amide bonds. The van der Waals surface area contributed by atoms with Crippen molar-refractivity contribution in [2.45, 2.75) is 18.0 Å². The minimum Gasteiger partial charge on any atom is -0.468 e. The molecule has 1 aromatic rings. The Morgan fingerprint density at radius 2 is 1.60 bits per heavy atom. The van der Waals surface area contributed by atoms with Gasteiger partial charge in [-0.3, -0.25) is 9.59 Å². The van der Waals surface area contributed by atoms with E-state index < -0.39 is 22.8 Å². The Kier molecular flexibility index (Phi) is 3.57. The molecule has 0 radical (unpaired) electrons. The van der Waals surface area contributed by atoms with Crippen LogP contribution in [-0.4, -0.2) is 24.5 Å². The summed E-state index contributed by atoms with van der Waals surface area (Å²) < 4.78 is 19.1. The van der Waals surface area contributed by atoms with Crippen molar-refractivity contribution in [3.63, 3.8) is 0 Å². The zero-order valence-corrected chi connectivity index (χ0v) is 11.3. The van der Waals surface area contributed by atoms with Crippen LogP contribution in [0.1, 0.15) is 12.5 Å². The fraction of sp³-hybridized carbons (Fsp3) is 0.250. The second-order valence-electron chi connectivity index (χ2n) is 4.72. The first-order valence-corrected chi connectivity index (χ1v) is 6.19. The van der Waals surface area contributed by atoms with E-state index in [-0.39, 0.29) is 0 Å². The minimum atomic E-state index is -2.16. The van der Waals surface area contributed by atoms with Crippen molar-refractivity contribution in [2.24, 2.45) is 0 Å². The van der Waals surface area contributed by atoms with Crippen LogP contribution in [0, 0.1) is 0 Å². The molecule has 0 bridgehead atoms. The first-order valence-electron chi connectivity index (χ1n) is 6.19. The van der Waals surface area contributed by atoms with Gasteiger partial charge in [-0.05, 0) is 24.6 Å². The smallest absolute Gasteiger partial charge is 0.324 e. The number of alkyl halides is 1. The molecule has 0 spiro atoms. The van der Waals surface area contributed by atoms with Crippen molar-refractivity contribution in [1.82, 2.24) is 0 Å². The maximum Gasteiger partial charge on any atom is 0.324 e. The van der Waals surface area contributed by atoms with Crippen LogP contribution in [0.2, 0.25) is 0 Å². The van der Waals surface area contributed by atoms with E-state index in [1.165, 1.54) is 26.2 Å².